The number of carboxylic acid groups (broad SMARTS) is 1. The van der Waals surface area contributed by atoms with Crippen molar-refractivity contribution in [2.75, 3.05) is 0 Å². The lowest BCUT2D eigenvalue weighted by molar-refractivity contribution is -0.139. The maximum Gasteiger partial charge on any atom is 0.416 e. The highest BCUT2D eigenvalue weighted by molar-refractivity contribution is 5.69. The van der Waals surface area contributed by atoms with E-state index in [1.54, 1.807) is 12.1 Å². The number of alkyl halides is 3. The molecule has 0 radical (unpaired) electrons. The number of nitrogens with zero attached hydrogens (tertiary/aromatic N) is 1. The Balaban J connectivity index is 1.36. The molecule has 34 heavy (non-hydrogen) atoms. The molecule has 1 saturated carbocycles. The maximum absolute atomic E-state index is 13.8. The number of carboxylic acids is 1. The Morgan fingerprint density at radius 3 is 2.56 bits per heavy atom. The topological polar surface area (TPSA) is 50.9 Å². The van der Waals surface area contributed by atoms with Gasteiger partial charge in [0, 0.05) is 23.5 Å². The molecule has 2 aliphatic rings. The van der Waals surface area contributed by atoms with E-state index in [1.807, 2.05) is 24.4 Å². The van der Waals surface area contributed by atoms with Crippen LogP contribution in [0.1, 0.15) is 84.7 Å². The van der Waals surface area contributed by atoms with Gasteiger partial charge >= 0.3 is 12.1 Å². The van der Waals surface area contributed by atoms with Crippen LogP contribution in [0.3, 0.4) is 0 Å². The molecule has 5 rings (SSSR count). The molecule has 2 aromatic heterocycles. The normalized spacial score (nSPS) is 18.9. The molecule has 180 valence electrons. The summed E-state index contributed by atoms with van der Waals surface area (Å²) in [6.45, 7) is 0.0479. The summed E-state index contributed by atoms with van der Waals surface area (Å²) >= 11 is 0. The van der Waals surface area contributed by atoms with E-state index in [0.717, 1.165) is 61.7 Å². The van der Waals surface area contributed by atoms with Gasteiger partial charge in [0.1, 0.15) is 12.4 Å². The summed E-state index contributed by atoms with van der Waals surface area (Å²) < 4.78 is 49.2. The van der Waals surface area contributed by atoms with E-state index in [2.05, 4.69) is 4.40 Å². The molecule has 1 fully saturated rings. The van der Waals surface area contributed by atoms with Gasteiger partial charge in [-0.2, -0.15) is 13.2 Å². The number of rotatable bonds is 6. The number of ether oxygens (including phenoxy) is 1. The number of hydrogen-bond donors (Lipinski definition) is 1. The van der Waals surface area contributed by atoms with Crippen LogP contribution in [-0.4, -0.2) is 15.5 Å². The first-order valence-electron chi connectivity index (χ1n) is 12.0. The van der Waals surface area contributed by atoms with Crippen LogP contribution >= 0.6 is 0 Å². The molecule has 1 atom stereocenters. The fraction of sp³-hybridized carbons (Fsp3) is 0.444. The van der Waals surface area contributed by atoms with Crippen LogP contribution in [0.25, 0.3) is 5.52 Å². The van der Waals surface area contributed by atoms with Crippen molar-refractivity contribution in [2.45, 2.75) is 76.0 Å². The maximum atomic E-state index is 13.8. The van der Waals surface area contributed by atoms with E-state index in [0.29, 0.717) is 16.9 Å². The summed E-state index contributed by atoms with van der Waals surface area (Å²) in [6.07, 6.45) is 3.93. The van der Waals surface area contributed by atoms with Crippen molar-refractivity contribution in [3.05, 3.63) is 70.5 Å². The Morgan fingerprint density at radius 1 is 1.03 bits per heavy atom. The van der Waals surface area contributed by atoms with Crippen molar-refractivity contribution in [3.8, 4) is 5.75 Å². The first-order valence-corrected chi connectivity index (χ1v) is 12.0. The minimum absolute atomic E-state index is 0.00434. The Labute approximate surface area is 196 Å². The molecule has 1 unspecified atom stereocenters. The largest absolute Gasteiger partial charge is 0.489 e. The average molecular weight is 472 g/mol. The number of benzene rings is 1. The molecule has 2 heterocycles. The summed E-state index contributed by atoms with van der Waals surface area (Å²) in [5, 5.41) is 9.24. The molecule has 4 nitrogen and oxygen atoms in total. The van der Waals surface area contributed by atoms with Crippen molar-refractivity contribution in [1.82, 2.24) is 4.40 Å². The third-order valence-corrected chi connectivity index (χ3v) is 7.33. The van der Waals surface area contributed by atoms with Gasteiger partial charge in [0.25, 0.3) is 0 Å². The Morgan fingerprint density at radius 2 is 1.82 bits per heavy atom. The zero-order valence-corrected chi connectivity index (χ0v) is 18.9. The zero-order valence-electron chi connectivity index (χ0n) is 18.9. The predicted molar refractivity (Wildman–Crippen MR) is 122 cm³/mol. The van der Waals surface area contributed by atoms with Gasteiger partial charge in [-0.1, -0.05) is 25.0 Å². The molecule has 0 spiro atoms. The van der Waals surface area contributed by atoms with Gasteiger partial charge in [-0.15, -0.1) is 0 Å². The molecule has 0 bridgehead atoms. The second kappa shape index (κ2) is 9.01. The van der Waals surface area contributed by atoms with Crippen molar-refractivity contribution in [2.24, 2.45) is 0 Å². The van der Waals surface area contributed by atoms with Gasteiger partial charge in [0.2, 0.25) is 0 Å². The highest BCUT2D eigenvalue weighted by Crippen LogP contribution is 2.42. The molecule has 0 saturated heterocycles. The molecule has 1 N–H and O–H groups in total. The second-order valence-electron chi connectivity index (χ2n) is 9.58. The molecule has 7 heteroatoms. The average Bonchev–Trinajstić information content (AvgIpc) is 3.45. The van der Waals surface area contributed by atoms with Crippen LogP contribution in [-0.2, 0) is 24.0 Å². The van der Waals surface area contributed by atoms with Gasteiger partial charge in [-0.3, -0.25) is 4.79 Å². The van der Waals surface area contributed by atoms with Crippen molar-refractivity contribution >= 4 is 11.5 Å². The van der Waals surface area contributed by atoms with Crippen molar-refractivity contribution in [1.29, 1.82) is 0 Å². The van der Waals surface area contributed by atoms with E-state index in [4.69, 9.17) is 4.74 Å². The summed E-state index contributed by atoms with van der Waals surface area (Å²) in [7, 11) is 0. The predicted octanol–water partition coefficient (Wildman–Crippen LogP) is 7.09. The quantitative estimate of drug-likeness (QED) is 0.418. The first kappa shape index (κ1) is 22.8. The standard InChI is InChI=1S/C27H28F3NO3/c28-27(29,30)24-12-17(8-9-22(24)18-4-1-2-5-18)16-34-21-10-11-31-20(14-21)15-23-19(13-26(32)33)6-3-7-25(23)31/h8-12,14-15,18-19H,1-7,13,16H2,(H,32,33). The summed E-state index contributed by atoms with van der Waals surface area (Å²) in [4.78, 5) is 11.3. The van der Waals surface area contributed by atoms with E-state index in [-0.39, 0.29) is 24.9 Å². The molecule has 2 aliphatic carbocycles. The molecule has 0 amide bonds. The molecule has 1 aromatic carbocycles. The monoisotopic (exact) mass is 471 g/mol. The highest BCUT2D eigenvalue weighted by atomic mass is 19.4. The number of aryl methyl sites for hydroxylation is 1. The number of aromatic nitrogens is 1. The summed E-state index contributed by atoms with van der Waals surface area (Å²) in [5.41, 5.74) is 3.47. The van der Waals surface area contributed by atoms with Crippen LogP contribution in [0.2, 0.25) is 0 Å². The lowest BCUT2D eigenvalue weighted by Gasteiger charge is -2.21. The lowest BCUT2D eigenvalue weighted by Crippen LogP contribution is -2.13. The minimum Gasteiger partial charge on any atom is -0.489 e. The van der Waals surface area contributed by atoms with Crippen LogP contribution in [0.5, 0.6) is 5.75 Å². The van der Waals surface area contributed by atoms with Gasteiger partial charge in [0.05, 0.1) is 12.0 Å². The van der Waals surface area contributed by atoms with E-state index in [1.165, 1.54) is 6.07 Å². The first-order chi connectivity index (χ1) is 16.3. The van der Waals surface area contributed by atoms with Gasteiger partial charge < -0.3 is 14.2 Å². The summed E-state index contributed by atoms with van der Waals surface area (Å²) in [6, 6.07) is 10.3. The number of aliphatic carboxylic acids is 1. The smallest absolute Gasteiger partial charge is 0.416 e. The molecule has 3 aromatic rings. The number of carbonyl (C=O) groups is 1. The Bertz CT molecular complexity index is 1210. The fourth-order valence-electron chi connectivity index (χ4n) is 5.74. The van der Waals surface area contributed by atoms with Crippen molar-refractivity contribution < 1.29 is 27.8 Å². The zero-order chi connectivity index (χ0) is 23.9. The van der Waals surface area contributed by atoms with Gasteiger partial charge in [0.15, 0.2) is 0 Å². The summed E-state index contributed by atoms with van der Waals surface area (Å²) in [5.74, 6) is -0.232. The van der Waals surface area contributed by atoms with Gasteiger partial charge in [-0.05, 0) is 78.8 Å². The van der Waals surface area contributed by atoms with Crippen LogP contribution in [0, 0.1) is 0 Å². The minimum atomic E-state index is -4.38. The molecular formula is C27H28F3NO3. The molecular weight excluding hydrogens is 443 g/mol. The fourth-order valence-corrected chi connectivity index (χ4v) is 5.74. The van der Waals surface area contributed by atoms with E-state index >= 15 is 0 Å². The van der Waals surface area contributed by atoms with Crippen LogP contribution < -0.4 is 4.74 Å². The number of halogens is 3. The Hall–Kier alpha value is -2.96. The second-order valence-corrected chi connectivity index (χ2v) is 9.58. The van der Waals surface area contributed by atoms with Crippen LogP contribution in [0.4, 0.5) is 13.2 Å². The lowest BCUT2D eigenvalue weighted by atomic mass is 9.85. The third-order valence-electron chi connectivity index (χ3n) is 7.33. The Kier molecular flexibility index (Phi) is 6.04. The van der Waals surface area contributed by atoms with Crippen LogP contribution in [0.15, 0.2) is 42.6 Å². The SMILES string of the molecule is O=C(O)CC1CCCc2c1cc1cc(OCc3ccc(C4CCCC4)c(C(F)(F)F)c3)ccn21. The van der Waals surface area contributed by atoms with Crippen molar-refractivity contribution in [3.63, 3.8) is 0 Å². The number of fused-ring (bicyclic) bond motifs is 3. The third kappa shape index (κ3) is 4.52. The van der Waals surface area contributed by atoms with E-state index in [9.17, 15) is 23.1 Å². The molecule has 0 aliphatic heterocycles. The number of pyridine rings is 1. The van der Waals surface area contributed by atoms with E-state index < -0.39 is 17.7 Å². The number of hydrogen-bond acceptors (Lipinski definition) is 2. The van der Waals surface area contributed by atoms with Gasteiger partial charge in [-0.25, -0.2) is 0 Å². The highest BCUT2D eigenvalue weighted by Gasteiger charge is 2.36.